The second kappa shape index (κ2) is 7.42. The van der Waals surface area contributed by atoms with Crippen LogP contribution >= 0.6 is 0 Å². The number of furan rings is 1. The lowest BCUT2D eigenvalue weighted by atomic mass is 10.0. The Morgan fingerprint density at radius 1 is 1.27 bits per heavy atom. The highest BCUT2D eigenvalue weighted by atomic mass is 19.1. The second-order valence-corrected chi connectivity index (χ2v) is 7.50. The van der Waals surface area contributed by atoms with Gasteiger partial charge in [-0.2, -0.15) is 0 Å². The van der Waals surface area contributed by atoms with Crippen LogP contribution in [0.25, 0.3) is 16.7 Å². The Labute approximate surface area is 171 Å². The summed E-state index contributed by atoms with van der Waals surface area (Å²) in [6, 6.07) is 12.2. The van der Waals surface area contributed by atoms with Crippen molar-refractivity contribution in [2.45, 2.75) is 32.5 Å². The van der Waals surface area contributed by atoms with Crippen molar-refractivity contribution in [1.29, 1.82) is 0 Å². The normalized spacial score (nSPS) is 15.9. The van der Waals surface area contributed by atoms with Crippen molar-refractivity contribution < 1.29 is 13.5 Å². The Kier molecular flexibility index (Phi) is 4.59. The number of nitrogens with one attached hydrogen (secondary N) is 1. The monoisotopic (exact) mass is 405 g/mol. The van der Waals surface area contributed by atoms with Crippen molar-refractivity contribution in [3.63, 3.8) is 0 Å². The van der Waals surface area contributed by atoms with Gasteiger partial charge in [-0.25, -0.2) is 4.39 Å². The molecule has 7 heteroatoms. The van der Waals surface area contributed by atoms with E-state index in [0.29, 0.717) is 17.5 Å². The van der Waals surface area contributed by atoms with Crippen molar-refractivity contribution in [3.8, 4) is 11.4 Å². The molecule has 1 N–H and O–H groups in total. The summed E-state index contributed by atoms with van der Waals surface area (Å²) in [6.07, 6.45) is 3.66. The lowest BCUT2D eigenvalue weighted by Gasteiger charge is -2.18. The molecule has 3 aromatic heterocycles. The smallest absolute Gasteiger partial charge is 0.258 e. The van der Waals surface area contributed by atoms with Crippen molar-refractivity contribution in [1.82, 2.24) is 14.9 Å². The van der Waals surface area contributed by atoms with Crippen LogP contribution in [0.5, 0.6) is 5.75 Å². The predicted octanol–water partition coefficient (Wildman–Crippen LogP) is 3.73. The average Bonchev–Trinajstić information content (AvgIpc) is 3.10. The van der Waals surface area contributed by atoms with Gasteiger partial charge in [0.05, 0.1) is 17.6 Å². The van der Waals surface area contributed by atoms with Crippen LogP contribution in [0, 0.1) is 5.82 Å². The standard InChI is InChI=1S/C23H20FN3O3/c1-14-8-21-20(12-25-14)19-5-4-17(9-22(19)30-21)27-7-6-18(10-23(27)28)29-13-16-3-2-15(24)11-26-16/h2-7,9-11,14,25H,8,12-13H2,1H3/t14-/m1/s1. The molecule has 6 nitrogen and oxygen atoms in total. The lowest BCUT2D eigenvalue weighted by molar-refractivity contribution is 0.300. The number of nitrogens with zero attached hydrogens (tertiary/aromatic N) is 2. The summed E-state index contributed by atoms with van der Waals surface area (Å²) in [7, 11) is 0. The molecule has 0 spiro atoms. The van der Waals surface area contributed by atoms with Gasteiger partial charge in [-0.3, -0.25) is 14.3 Å². The van der Waals surface area contributed by atoms with E-state index in [0.717, 1.165) is 41.6 Å². The molecule has 0 unspecified atom stereocenters. The van der Waals surface area contributed by atoms with Gasteiger partial charge in [0.1, 0.15) is 29.5 Å². The fourth-order valence-electron chi connectivity index (χ4n) is 3.74. The number of rotatable bonds is 4. The molecule has 30 heavy (non-hydrogen) atoms. The van der Waals surface area contributed by atoms with Crippen LogP contribution in [-0.4, -0.2) is 15.6 Å². The molecule has 0 radical (unpaired) electrons. The van der Waals surface area contributed by atoms with Gasteiger partial charge in [0.25, 0.3) is 5.56 Å². The number of aromatic nitrogens is 2. The van der Waals surface area contributed by atoms with E-state index in [4.69, 9.17) is 9.15 Å². The molecule has 1 atom stereocenters. The largest absolute Gasteiger partial charge is 0.487 e. The molecule has 1 aromatic carbocycles. The quantitative estimate of drug-likeness (QED) is 0.560. The van der Waals surface area contributed by atoms with E-state index < -0.39 is 5.82 Å². The van der Waals surface area contributed by atoms with Crippen molar-refractivity contribution in [2.24, 2.45) is 0 Å². The van der Waals surface area contributed by atoms with Crippen LogP contribution in [0.2, 0.25) is 0 Å². The molecule has 1 aliphatic rings. The zero-order valence-electron chi connectivity index (χ0n) is 16.4. The number of hydrogen-bond donors (Lipinski definition) is 1. The summed E-state index contributed by atoms with van der Waals surface area (Å²) in [5.74, 6) is 1.04. The summed E-state index contributed by atoms with van der Waals surface area (Å²) < 4.78 is 26.2. The Hall–Kier alpha value is -3.45. The van der Waals surface area contributed by atoms with Gasteiger partial charge in [-0.15, -0.1) is 0 Å². The van der Waals surface area contributed by atoms with Crippen LogP contribution in [0.15, 0.2) is 64.1 Å². The molecule has 0 bridgehead atoms. The first-order valence-corrected chi connectivity index (χ1v) is 9.81. The number of halogens is 1. The first-order valence-electron chi connectivity index (χ1n) is 9.81. The van der Waals surface area contributed by atoms with Crippen LogP contribution in [0.1, 0.15) is 23.9 Å². The fourth-order valence-corrected chi connectivity index (χ4v) is 3.74. The van der Waals surface area contributed by atoms with Gasteiger partial charge >= 0.3 is 0 Å². The van der Waals surface area contributed by atoms with Crippen LogP contribution in [0.3, 0.4) is 0 Å². The highest BCUT2D eigenvalue weighted by Gasteiger charge is 2.21. The molecule has 0 aliphatic carbocycles. The van der Waals surface area contributed by atoms with E-state index in [1.807, 2.05) is 18.2 Å². The lowest BCUT2D eigenvalue weighted by Crippen LogP contribution is -2.32. The minimum absolute atomic E-state index is 0.153. The third-order valence-electron chi connectivity index (χ3n) is 5.32. The summed E-state index contributed by atoms with van der Waals surface area (Å²) in [5, 5.41) is 4.53. The number of fused-ring (bicyclic) bond motifs is 3. The maximum absolute atomic E-state index is 12.9. The minimum Gasteiger partial charge on any atom is -0.487 e. The topological polar surface area (TPSA) is 69.3 Å². The average molecular weight is 405 g/mol. The summed E-state index contributed by atoms with van der Waals surface area (Å²) in [5.41, 5.74) is 3.07. The van der Waals surface area contributed by atoms with Crippen LogP contribution < -0.4 is 15.6 Å². The van der Waals surface area contributed by atoms with Gasteiger partial charge in [0.15, 0.2) is 0 Å². The molecular formula is C23H20FN3O3. The molecular weight excluding hydrogens is 385 g/mol. The zero-order chi connectivity index (χ0) is 20.7. The molecule has 4 aromatic rings. The molecule has 4 heterocycles. The summed E-state index contributed by atoms with van der Waals surface area (Å²) in [4.78, 5) is 16.6. The summed E-state index contributed by atoms with van der Waals surface area (Å²) >= 11 is 0. The molecule has 152 valence electrons. The van der Waals surface area contributed by atoms with E-state index in [9.17, 15) is 9.18 Å². The molecule has 0 fully saturated rings. The van der Waals surface area contributed by atoms with Gasteiger partial charge in [0.2, 0.25) is 0 Å². The van der Waals surface area contributed by atoms with Gasteiger partial charge in [-0.1, -0.05) is 0 Å². The number of ether oxygens (including phenoxy) is 1. The maximum atomic E-state index is 12.9. The fraction of sp³-hybridized carbons (Fsp3) is 0.217. The molecule has 1 aliphatic heterocycles. The SMILES string of the molecule is C[C@@H]1Cc2oc3cc(-n4ccc(OCc5ccc(F)cn5)cc4=O)ccc3c2CN1. The third kappa shape index (κ3) is 3.48. The first kappa shape index (κ1) is 18.6. The van der Waals surface area contributed by atoms with E-state index in [-0.39, 0.29) is 12.2 Å². The Morgan fingerprint density at radius 3 is 2.97 bits per heavy atom. The van der Waals surface area contributed by atoms with E-state index in [1.54, 1.807) is 22.9 Å². The highest BCUT2D eigenvalue weighted by Crippen LogP contribution is 2.30. The van der Waals surface area contributed by atoms with Gasteiger partial charge in [0, 0.05) is 48.3 Å². The van der Waals surface area contributed by atoms with E-state index in [1.165, 1.54) is 17.7 Å². The number of hydrogen-bond acceptors (Lipinski definition) is 5. The first-order chi connectivity index (χ1) is 14.6. The summed E-state index contributed by atoms with van der Waals surface area (Å²) in [6.45, 7) is 3.08. The van der Waals surface area contributed by atoms with Crippen molar-refractivity contribution >= 4 is 11.0 Å². The van der Waals surface area contributed by atoms with Crippen molar-refractivity contribution in [2.75, 3.05) is 0 Å². The molecule has 0 saturated carbocycles. The number of pyridine rings is 2. The van der Waals surface area contributed by atoms with Gasteiger partial charge < -0.3 is 14.5 Å². The zero-order valence-corrected chi connectivity index (χ0v) is 16.4. The van der Waals surface area contributed by atoms with E-state index >= 15 is 0 Å². The third-order valence-corrected chi connectivity index (χ3v) is 5.32. The number of benzene rings is 1. The second-order valence-electron chi connectivity index (χ2n) is 7.50. The van der Waals surface area contributed by atoms with Crippen molar-refractivity contribution in [3.05, 3.63) is 88.0 Å². The van der Waals surface area contributed by atoms with Crippen LogP contribution in [0.4, 0.5) is 4.39 Å². The Morgan fingerprint density at radius 2 is 2.17 bits per heavy atom. The highest BCUT2D eigenvalue weighted by molar-refractivity contribution is 5.84. The van der Waals surface area contributed by atoms with Gasteiger partial charge in [-0.05, 0) is 37.3 Å². The van der Waals surface area contributed by atoms with E-state index in [2.05, 4.69) is 17.2 Å². The Balaban J connectivity index is 1.39. The minimum atomic E-state index is -0.401. The maximum Gasteiger partial charge on any atom is 0.258 e. The van der Waals surface area contributed by atoms with Crippen LogP contribution in [-0.2, 0) is 19.6 Å². The predicted molar refractivity (Wildman–Crippen MR) is 110 cm³/mol. The molecule has 0 amide bonds. The molecule has 0 saturated heterocycles. The Bertz CT molecular complexity index is 1280. The molecule has 5 rings (SSSR count).